The van der Waals surface area contributed by atoms with Gasteiger partial charge in [0.15, 0.2) is 0 Å². The van der Waals surface area contributed by atoms with Gasteiger partial charge in [0.05, 0.1) is 5.69 Å². The van der Waals surface area contributed by atoms with Gasteiger partial charge in [-0.05, 0) is 12.1 Å². The summed E-state index contributed by atoms with van der Waals surface area (Å²) in [5.41, 5.74) is 5.33. The van der Waals surface area contributed by atoms with Crippen LogP contribution in [0.15, 0.2) is 29.2 Å². The van der Waals surface area contributed by atoms with Crippen molar-refractivity contribution in [1.82, 2.24) is 0 Å². The Hall–Kier alpha value is -1.60. The minimum absolute atomic E-state index is 0.000490. The number of nitrogens with two attached hydrogens (primary N) is 2. The number of carbonyl (C=O) groups is 1. The molecule has 0 unspecified atom stereocenters. The molecule has 1 aromatic rings. The molecule has 0 aromatic heterocycles. The van der Waals surface area contributed by atoms with Crippen molar-refractivity contribution >= 4 is 21.6 Å². The first-order valence-electron chi connectivity index (χ1n) is 4.55. The molecule has 7 heteroatoms. The first kappa shape index (κ1) is 12.5. The highest BCUT2D eigenvalue weighted by atomic mass is 32.2. The lowest BCUT2D eigenvalue weighted by Gasteiger charge is -2.09. The maximum Gasteiger partial charge on any atom is 0.240 e. The molecule has 1 aromatic carbocycles. The molecule has 88 valence electrons. The van der Waals surface area contributed by atoms with Crippen LogP contribution in [-0.2, 0) is 14.8 Å². The zero-order valence-electron chi connectivity index (χ0n) is 8.51. The summed E-state index contributed by atoms with van der Waals surface area (Å²) in [6.07, 6.45) is 0.124. The predicted molar refractivity (Wildman–Crippen MR) is 60.1 cm³/mol. The van der Waals surface area contributed by atoms with Crippen molar-refractivity contribution in [2.24, 2.45) is 10.9 Å². The SMILES string of the molecule is NC(=O)CCNc1ccccc1S(N)(=O)=O. The number of sulfonamides is 1. The molecule has 0 bridgehead atoms. The number of carbonyl (C=O) groups excluding carboxylic acids is 1. The van der Waals surface area contributed by atoms with Gasteiger partial charge in [-0.1, -0.05) is 12.1 Å². The van der Waals surface area contributed by atoms with Crippen LogP contribution in [0.4, 0.5) is 5.69 Å². The number of para-hydroxylation sites is 1. The van der Waals surface area contributed by atoms with Gasteiger partial charge in [-0.2, -0.15) is 0 Å². The Morgan fingerprint density at radius 3 is 2.50 bits per heavy atom. The van der Waals surface area contributed by atoms with E-state index < -0.39 is 15.9 Å². The molecule has 0 radical (unpaired) electrons. The maximum absolute atomic E-state index is 11.2. The van der Waals surface area contributed by atoms with E-state index in [9.17, 15) is 13.2 Å². The maximum atomic E-state index is 11.2. The fourth-order valence-electron chi connectivity index (χ4n) is 1.18. The largest absolute Gasteiger partial charge is 0.383 e. The smallest absolute Gasteiger partial charge is 0.240 e. The molecule has 6 nitrogen and oxygen atoms in total. The fourth-order valence-corrected chi connectivity index (χ4v) is 1.90. The molecule has 0 heterocycles. The highest BCUT2D eigenvalue weighted by Gasteiger charge is 2.12. The van der Waals surface area contributed by atoms with Crippen molar-refractivity contribution in [3.8, 4) is 0 Å². The lowest BCUT2D eigenvalue weighted by molar-refractivity contribution is -0.117. The van der Waals surface area contributed by atoms with Gasteiger partial charge in [0.1, 0.15) is 4.90 Å². The molecule has 0 aliphatic heterocycles. The van der Waals surface area contributed by atoms with Gasteiger partial charge in [-0.25, -0.2) is 13.6 Å². The van der Waals surface area contributed by atoms with Crippen molar-refractivity contribution in [3.63, 3.8) is 0 Å². The summed E-state index contributed by atoms with van der Waals surface area (Å²) >= 11 is 0. The predicted octanol–water partition coefficient (Wildman–Crippen LogP) is -0.379. The highest BCUT2D eigenvalue weighted by Crippen LogP contribution is 2.18. The van der Waals surface area contributed by atoms with E-state index in [1.807, 2.05) is 0 Å². The van der Waals surface area contributed by atoms with Gasteiger partial charge in [0.2, 0.25) is 15.9 Å². The van der Waals surface area contributed by atoms with Crippen LogP contribution in [0, 0.1) is 0 Å². The summed E-state index contributed by atoms with van der Waals surface area (Å²) in [6.45, 7) is 0.266. The Morgan fingerprint density at radius 1 is 1.31 bits per heavy atom. The highest BCUT2D eigenvalue weighted by molar-refractivity contribution is 7.89. The molecule has 0 saturated carbocycles. The van der Waals surface area contributed by atoms with Crippen LogP contribution in [0.5, 0.6) is 0 Å². The topological polar surface area (TPSA) is 115 Å². The first-order valence-corrected chi connectivity index (χ1v) is 6.10. The number of primary amides is 1. The minimum atomic E-state index is -3.76. The second kappa shape index (κ2) is 4.95. The van der Waals surface area contributed by atoms with Gasteiger partial charge in [0, 0.05) is 13.0 Å². The number of rotatable bonds is 5. The Balaban J connectivity index is 2.84. The van der Waals surface area contributed by atoms with E-state index in [1.165, 1.54) is 6.07 Å². The zero-order valence-corrected chi connectivity index (χ0v) is 9.33. The van der Waals surface area contributed by atoms with E-state index in [-0.39, 0.29) is 17.9 Å². The van der Waals surface area contributed by atoms with Gasteiger partial charge in [-0.3, -0.25) is 4.79 Å². The fraction of sp³-hybridized carbons (Fsp3) is 0.222. The normalized spacial score (nSPS) is 11.1. The van der Waals surface area contributed by atoms with Crippen LogP contribution in [0.25, 0.3) is 0 Å². The second-order valence-corrected chi connectivity index (χ2v) is 4.71. The third kappa shape index (κ3) is 3.52. The van der Waals surface area contributed by atoms with Crippen molar-refractivity contribution in [1.29, 1.82) is 0 Å². The van der Waals surface area contributed by atoms with Gasteiger partial charge >= 0.3 is 0 Å². The Morgan fingerprint density at radius 2 is 1.94 bits per heavy atom. The molecule has 16 heavy (non-hydrogen) atoms. The third-order valence-electron chi connectivity index (χ3n) is 1.88. The van der Waals surface area contributed by atoms with Crippen LogP contribution in [-0.4, -0.2) is 20.9 Å². The van der Waals surface area contributed by atoms with E-state index >= 15 is 0 Å². The van der Waals surface area contributed by atoms with Gasteiger partial charge < -0.3 is 11.1 Å². The molecular formula is C9H13N3O3S. The number of nitrogens with one attached hydrogen (secondary N) is 1. The number of benzene rings is 1. The molecule has 0 aliphatic carbocycles. The van der Waals surface area contributed by atoms with E-state index in [0.717, 1.165) is 0 Å². The van der Waals surface area contributed by atoms with Crippen molar-refractivity contribution in [2.75, 3.05) is 11.9 Å². The molecule has 0 spiro atoms. The van der Waals surface area contributed by atoms with Crippen molar-refractivity contribution in [3.05, 3.63) is 24.3 Å². The average Bonchev–Trinajstić information content (AvgIpc) is 2.16. The second-order valence-electron chi connectivity index (χ2n) is 3.18. The number of anilines is 1. The van der Waals surface area contributed by atoms with Gasteiger partial charge in [-0.15, -0.1) is 0 Å². The lowest BCUT2D eigenvalue weighted by Crippen LogP contribution is -2.18. The Labute approximate surface area is 93.7 Å². The quantitative estimate of drug-likeness (QED) is 0.653. The lowest BCUT2D eigenvalue weighted by atomic mass is 10.3. The van der Waals surface area contributed by atoms with Gasteiger partial charge in [0.25, 0.3) is 0 Å². The first-order chi connectivity index (χ1) is 7.41. The number of hydrogen-bond donors (Lipinski definition) is 3. The van der Waals surface area contributed by atoms with Crippen molar-refractivity contribution in [2.45, 2.75) is 11.3 Å². The molecular weight excluding hydrogens is 230 g/mol. The summed E-state index contributed by atoms with van der Waals surface area (Å²) in [6, 6.07) is 6.20. The molecule has 1 rings (SSSR count). The minimum Gasteiger partial charge on any atom is -0.383 e. The third-order valence-corrected chi connectivity index (χ3v) is 2.85. The number of hydrogen-bond acceptors (Lipinski definition) is 4. The van der Waals surface area contributed by atoms with Crippen LogP contribution in [0.2, 0.25) is 0 Å². The van der Waals surface area contributed by atoms with E-state index in [4.69, 9.17) is 10.9 Å². The molecule has 0 aliphatic rings. The molecule has 0 saturated heterocycles. The Kier molecular flexibility index (Phi) is 3.86. The van der Waals surface area contributed by atoms with E-state index in [1.54, 1.807) is 18.2 Å². The summed E-state index contributed by atoms with van der Waals surface area (Å²) in [5, 5.41) is 7.82. The van der Waals surface area contributed by atoms with E-state index in [0.29, 0.717) is 5.69 Å². The number of primary sulfonamides is 1. The molecule has 1 amide bonds. The number of amides is 1. The zero-order chi connectivity index (χ0) is 12.2. The van der Waals surface area contributed by atoms with Crippen LogP contribution < -0.4 is 16.2 Å². The standard InChI is InChI=1S/C9H13N3O3S/c10-9(13)5-6-12-7-3-1-2-4-8(7)16(11,14)15/h1-4,12H,5-6H2,(H2,10,13)(H2,11,14,15). The average molecular weight is 243 g/mol. The van der Waals surface area contributed by atoms with Crippen molar-refractivity contribution < 1.29 is 13.2 Å². The van der Waals surface area contributed by atoms with Crippen LogP contribution in [0.3, 0.4) is 0 Å². The summed E-state index contributed by atoms with van der Waals surface area (Å²) in [5.74, 6) is -0.458. The molecule has 0 atom stereocenters. The molecule has 0 fully saturated rings. The van der Waals surface area contributed by atoms with E-state index in [2.05, 4.69) is 5.32 Å². The monoisotopic (exact) mass is 243 g/mol. The van der Waals surface area contributed by atoms with Crippen LogP contribution in [0.1, 0.15) is 6.42 Å². The Bertz CT molecular complexity index is 485. The summed E-state index contributed by atoms with van der Waals surface area (Å²) < 4.78 is 22.4. The molecule has 5 N–H and O–H groups in total. The van der Waals surface area contributed by atoms with Crippen LogP contribution >= 0.6 is 0 Å². The summed E-state index contributed by atoms with van der Waals surface area (Å²) in [4.78, 5) is 10.5. The summed E-state index contributed by atoms with van der Waals surface area (Å²) in [7, 11) is -3.76.